The maximum atomic E-state index is 12.6. The van der Waals surface area contributed by atoms with E-state index in [4.69, 9.17) is 9.47 Å². The number of aromatic nitrogens is 3. The SMILES string of the molecule is CCOC(=O)c1c(NC(C)=O)n(CCOC)c2nc3ccccc3nc12. The van der Waals surface area contributed by atoms with Crippen LogP contribution >= 0.6 is 0 Å². The highest BCUT2D eigenvalue weighted by atomic mass is 16.5. The molecule has 3 aromatic rings. The molecule has 0 radical (unpaired) electrons. The number of anilines is 1. The van der Waals surface area contributed by atoms with Crippen molar-refractivity contribution >= 4 is 39.9 Å². The summed E-state index contributed by atoms with van der Waals surface area (Å²) in [5.74, 6) is -0.540. The average Bonchev–Trinajstić information content (AvgIpc) is 2.89. The van der Waals surface area contributed by atoms with Crippen molar-refractivity contribution in [3.8, 4) is 0 Å². The standard InChI is InChI=1S/C18H20N4O4/c1-4-26-18(24)14-15-17(21-13-8-6-5-7-12(13)20-15)22(9-10-25-3)16(14)19-11(2)23/h5-8H,4,9-10H2,1-3H3,(H,19,23). The second-order valence-corrected chi connectivity index (χ2v) is 5.65. The Bertz CT molecular complexity index is 980. The highest BCUT2D eigenvalue weighted by molar-refractivity contribution is 6.11. The van der Waals surface area contributed by atoms with Gasteiger partial charge in [-0.25, -0.2) is 14.8 Å². The predicted molar refractivity (Wildman–Crippen MR) is 97.2 cm³/mol. The summed E-state index contributed by atoms with van der Waals surface area (Å²) in [5, 5.41) is 2.72. The average molecular weight is 356 g/mol. The van der Waals surface area contributed by atoms with E-state index in [0.29, 0.717) is 41.2 Å². The minimum absolute atomic E-state index is 0.200. The predicted octanol–water partition coefficient (Wildman–Crippen LogP) is 2.37. The van der Waals surface area contributed by atoms with Gasteiger partial charge in [0.15, 0.2) is 5.65 Å². The van der Waals surface area contributed by atoms with Gasteiger partial charge in [0.1, 0.15) is 16.9 Å². The van der Waals surface area contributed by atoms with Gasteiger partial charge in [0, 0.05) is 20.6 Å². The first kappa shape index (κ1) is 17.8. The fraction of sp³-hybridized carbons (Fsp3) is 0.333. The second kappa shape index (κ2) is 7.49. The number of carbonyl (C=O) groups excluding carboxylic acids is 2. The molecule has 136 valence electrons. The van der Waals surface area contributed by atoms with E-state index in [1.165, 1.54) is 6.92 Å². The monoisotopic (exact) mass is 356 g/mol. The molecular weight excluding hydrogens is 336 g/mol. The number of rotatable bonds is 6. The number of hydrogen-bond acceptors (Lipinski definition) is 6. The maximum Gasteiger partial charge on any atom is 0.344 e. The lowest BCUT2D eigenvalue weighted by molar-refractivity contribution is -0.114. The Morgan fingerprint density at radius 2 is 1.88 bits per heavy atom. The molecule has 0 aliphatic heterocycles. The van der Waals surface area contributed by atoms with Gasteiger partial charge < -0.3 is 19.4 Å². The molecule has 1 amide bonds. The minimum Gasteiger partial charge on any atom is -0.462 e. The Kier molecular flexibility index (Phi) is 5.13. The molecular formula is C18H20N4O4. The van der Waals surface area contributed by atoms with Gasteiger partial charge >= 0.3 is 5.97 Å². The molecule has 26 heavy (non-hydrogen) atoms. The van der Waals surface area contributed by atoms with Crippen LogP contribution in [-0.2, 0) is 20.8 Å². The van der Waals surface area contributed by atoms with Crippen molar-refractivity contribution in [1.29, 1.82) is 0 Å². The number of nitrogens with zero attached hydrogens (tertiary/aromatic N) is 3. The Balaban J connectivity index is 2.35. The molecule has 1 N–H and O–H groups in total. The molecule has 0 spiro atoms. The van der Waals surface area contributed by atoms with Crippen LogP contribution in [0.15, 0.2) is 24.3 Å². The van der Waals surface area contributed by atoms with Crippen LogP contribution in [0.2, 0.25) is 0 Å². The smallest absolute Gasteiger partial charge is 0.344 e. The van der Waals surface area contributed by atoms with Crippen molar-refractivity contribution in [2.45, 2.75) is 20.4 Å². The number of fused-ring (bicyclic) bond motifs is 2. The van der Waals surface area contributed by atoms with E-state index in [0.717, 1.165) is 0 Å². The third kappa shape index (κ3) is 3.23. The third-order valence-corrected chi connectivity index (χ3v) is 3.84. The molecule has 2 aromatic heterocycles. The van der Waals surface area contributed by atoms with E-state index < -0.39 is 5.97 Å². The number of benzene rings is 1. The zero-order valence-corrected chi connectivity index (χ0v) is 14.9. The molecule has 8 nitrogen and oxygen atoms in total. The third-order valence-electron chi connectivity index (χ3n) is 3.84. The Morgan fingerprint density at radius 3 is 2.50 bits per heavy atom. The van der Waals surface area contributed by atoms with Gasteiger partial charge in [-0.2, -0.15) is 0 Å². The highest BCUT2D eigenvalue weighted by Gasteiger charge is 2.27. The van der Waals surface area contributed by atoms with Crippen molar-refractivity contribution in [3.05, 3.63) is 29.8 Å². The largest absolute Gasteiger partial charge is 0.462 e. The van der Waals surface area contributed by atoms with Crippen molar-refractivity contribution in [2.24, 2.45) is 0 Å². The molecule has 0 saturated heterocycles. The molecule has 2 heterocycles. The van der Waals surface area contributed by atoms with Crippen LogP contribution in [0.4, 0.5) is 5.82 Å². The van der Waals surface area contributed by atoms with E-state index in [9.17, 15) is 9.59 Å². The van der Waals surface area contributed by atoms with E-state index in [1.807, 2.05) is 24.3 Å². The topological polar surface area (TPSA) is 95.3 Å². The number of carbonyl (C=O) groups is 2. The van der Waals surface area contributed by atoms with Gasteiger partial charge in [-0.05, 0) is 19.1 Å². The van der Waals surface area contributed by atoms with Crippen LogP contribution in [0.25, 0.3) is 22.2 Å². The molecule has 0 aliphatic carbocycles. The van der Waals surface area contributed by atoms with Crippen molar-refractivity contribution < 1.29 is 19.1 Å². The van der Waals surface area contributed by atoms with E-state index >= 15 is 0 Å². The fourth-order valence-electron chi connectivity index (χ4n) is 2.79. The first-order valence-corrected chi connectivity index (χ1v) is 8.29. The number of nitrogens with one attached hydrogen (secondary N) is 1. The zero-order valence-electron chi connectivity index (χ0n) is 14.9. The molecule has 0 saturated carbocycles. The number of para-hydroxylation sites is 2. The first-order valence-electron chi connectivity index (χ1n) is 8.29. The number of amides is 1. The lowest BCUT2D eigenvalue weighted by atomic mass is 10.2. The molecule has 8 heteroatoms. The van der Waals surface area contributed by atoms with Gasteiger partial charge in [0.25, 0.3) is 0 Å². The maximum absolute atomic E-state index is 12.6. The summed E-state index contributed by atoms with van der Waals surface area (Å²) < 4.78 is 12.1. The first-order chi connectivity index (χ1) is 12.6. The van der Waals surface area contributed by atoms with E-state index in [1.54, 1.807) is 18.6 Å². The van der Waals surface area contributed by atoms with E-state index in [-0.39, 0.29) is 18.1 Å². The van der Waals surface area contributed by atoms with Crippen LogP contribution < -0.4 is 5.32 Å². The van der Waals surface area contributed by atoms with Gasteiger partial charge in [0.05, 0.1) is 24.2 Å². The number of hydrogen-bond donors (Lipinski definition) is 1. The van der Waals surface area contributed by atoms with Gasteiger partial charge in [0.2, 0.25) is 5.91 Å². The Hall–Kier alpha value is -3.00. The second-order valence-electron chi connectivity index (χ2n) is 5.65. The van der Waals surface area contributed by atoms with Crippen molar-refractivity contribution in [1.82, 2.24) is 14.5 Å². The quantitative estimate of drug-likeness (QED) is 0.681. The highest BCUT2D eigenvalue weighted by Crippen LogP contribution is 2.30. The lowest BCUT2D eigenvalue weighted by Gasteiger charge is -2.11. The fourth-order valence-corrected chi connectivity index (χ4v) is 2.79. The summed E-state index contributed by atoms with van der Waals surface area (Å²) in [7, 11) is 1.58. The van der Waals surface area contributed by atoms with Crippen LogP contribution in [0, 0.1) is 0 Å². The summed E-state index contributed by atoms with van der Waals surface area (Å²) in [4.78, 5) is 33.6. The molecule has 1 aromatic carbocycles. The molecule has 0 bridgehead atoms. The zero-order chi connectivity index (χ0) is 18.7. The number of esters is 1. The van der Waals surface area contributed by atoms with Crippen molar-refractivity contribution in [2.75, 3.05) is 25.6 Å². The molecule has 0 aliphatic rings. The van der Waals surface area contributed by atoms with Gasteiger partial charge in [-0.3, -0.25) is 4.79 Å². The van der Waals surface area contributed by atoms with Gasteiger partial charge in [-0.15, -0.1) is 0 Å². The van der Waals surface area contributed by atoms with Gasteiger partial charge in [-0.1, -0.05) is 12.1 Å². The summed E-state index contributed by atoms with van der Waals surface area (Å²) in [6, 6.07) is 7.38. The molecule has 0 atom stereocenters. The Morgan fingerprint density at radius 1 is 1.19 bits per heavy atom. The summed E-state index contributed by atoms with van der Waals surface area (Å²) >= 11 is 0. The summed E-state index contributed by atoms with van der Waals surface area (Å²) in [6.07, 6.45) is 0. The number of ether oxygens (including phenoxy) is 2. The molecule has 0 unspecified atom stereocenters. The summed E-state index contributed by atoms with van der Waals surface area (Å²) in [5.41, 5.74) is 2.44. The lowest BCUT2D eigenvalue weighted by Crippen LogP contribution is -2.16. The van der Waals surface area contributed by atoms with Crippen LogP contribution in [0.1, 0.15) is 24.2 Å². The van der Waals surface area contributed by atoms with Crippen LogP contribution in [0.3, 0.4) is 0 Å². The van der Waals surface area contributed by atoms with Crippen LogP contribution in [-0.4, -0.2) is 46.7 Å². The molecule has 0 fully saturated rings. The summed E-state index contributed by atoms with van der Waals surface area (Å²) in [6.45, 7) is 4.10. The normalized spacial score (nSPS) is 11.0. The van der Waals surface area contributed by atoms with Crippen LogP contribution in [0.5, 0.6) is 0 Å². The number of methoxy groups -OCH3 is 1. The minimum atomic E-state index is -0.554. The van der Waals surface area contributed by atoms with E-state index in [2.05, 4.69) is 15.3 Å². The van der Waals surface area contributed by atoms with Crippen molar-refractivity contribution in [3.63, 3.8) is 0 Å². The Labute approximate surface area is 150 Å². The molecule has 3 rings (SSSR count).